The maximum atomic E-state index is 14.4. The van der Waals surface area contributed by atoms with E-state index in [1.807, 2.05) is 0 Å². The number of carbonyl (C=O) groups is 2. The first kappa shape index (κ1) is 20.6. The lowest BCUT2D eigenvalue weighted by Gasteiger charge is -2.30. The minimum Gasteiger partial charge on any atom is -0.497 e. The number of carbonyl (C=O) groups excluding carboxylic acids is 2. The zero-order valence-electron chi connectivity index (χ0n) is 17.1. The summed E-state index contributed by atoms with van der Waals surface area (Å²) in [5.74, 6) is -0.523. The van der Waals surface area contributed by atoms with Crippen LogP contribution in [0.4, 0.5) is 4.39 Å². The number of halogens is 1. The number of primary amides is 1. The van der Waals surface area contributed by atoms with Crippen molar-refractivity contribution in [3.63, 3.8) is 0 Å². The van der Waals surface area contributed by atoms with Crippen molar-refractivity contribution >= 4 is 11.8 Å². The van der Waals surface area contributed by atoms with Gasteiger partial charge in [-0.1, -0.05) is 12.1 Å². The molecule has 160 valence electrons. The Balaban J connectivity index is 1.72. The molecular formula is C23H23FN4O3. The number of methoxy groups -OCH3 is 1. The van der Waals surface area contributed by atoms with E-state index in [-0.39, 0.29) is 17.7 Å². The molecule has 3 aromatic rings. The lowest BCUT2D eigenvalue weighted by molar-refractivity contribution is -0.123. The van der Waals surface area contributed by atoms with Crippen molar-refractivity contribution in [2.75, 3.05) is 20.2 Å². The van der Waals surface area contributed by atoms with Crippen molar-refractivity contribution in [2.24, 2.45) is 11.7 Å². The van der Waals surface area contributed by atoms with Gasteiger partial charge in [-0.15, -0.1) is 0 Å². The molecule has 2 aromatic carbocycles. The van der Waals surface area contributed by atoms with Crippen molar-refractivity contribution in [1.29, 1.82) is 0 Å². The van der Waals surface area contributed by atoms with E-state index < -0.39 is 5.82 Å². The summed E-state index contributed by atoms with van der Waals surface area (Å²) in [6.45, 7) is 0.852. The zero-order valence-corrected chi connectivity index (χ0v) is 17.1. The van der Waals surface area contributed by atoms with Crippen LogP contribution in [0.2, 0.25) is 0 Å². The van der Waals surface area contributed by atoms with Crippen LogP contribution in [0.3, 0.4) is 0 Å². The van der Waals surface area contributed by atoms with E-state index in [9.17, 15) is 14.0 Å². The maximum absolute atomic E-state index is 14.4. The predicted molar refractivity (Wildman–Crippen MR) is 113 cm³/mol. The second-order valence-electron chi connectivity index (χ2n) is 7.47. The van der Waals surface area contributed by atoms with Crippen LogP contribution in [-0.4, -0.2) is 46.7 Å². The molecule has 4 rings (SSSR count). The molecule has 0 saturated carbocycles. The van der Waals surface area contributed by atoms with Gasteiger partial charge in [-0.25, -0.2) is 9.07 Å². The summed E-state index contributed by atoms with van der Waals surface area (Å²) in [7, 11) is 1.57. The van der Waals surface area contributed by atoms with Crippen molar-refractivity contribution < 1.29 is 18.7 Å². The van der Waals surface area contributed by atoms with Gasteiger partial charge in [-0.05, 0) is 55.3 Å². The number of ether oxygens (including phenoxy) is 1. The van der Waals surface area contributed by atoms with Crippen LogP contribution in [0.15, 0.2) is 54.6 Å². The maximum Gasteiger partial charge on any atom is 0.272 e. The van der Waals surface area contributed by atoms with Crippen LogP contribution < -0.4 is 10.5 Å². The summed E-state index contributed by atoms with van der Waals surface area (Å²) in [6.07, 6.45) is 1.05. The molecule has 31 heavy (non-hydrogen) atoms. The molecule has 0 atom stereocenters. The number of likely N-dealkylation sites (tertiary alicyclic amines) is 1. The van der Waals surface area contributed by atoms with E-state index >= 15 is 0 Å². The molecule has 1 aromatic heterocycles. The van der Waals surface area contributed by atoms with Crippen LogP contribution in [0.1, 0.15) is 23.3 Å². The van der Waals surface area contributed by atoms with Gasteiger partial charge in [-0.3, -0.25) is 9.59 Å². The highest BCUT2D eigenvalue weighted by molar-refractivity contribution is 5.94. The smallest absolute Gasteiger partial charge is 0.272 e. The number of aromatic nitrogens is 2. The highest BCUT2D eigenvalue weighted by Crippen LogP contribution is 2.27. The van der Waals surface area contributed by atoms with Crippen LogP contribution >= 0.6 is 0 Å². The van der Waals surface area contributed by atoms with Gasteiger partial charge in [0.15, 0.2) is 0 Å². The largest absolute Gasteiger partial charge is 0.497 e. The fourth-order valence-electron chi connectivity index (χ4n) is 3.78. The summed E-state index contributed by atoms with van der Waals surface area (Å²) in [5, 5.41) is 4.54. The average Bonchev–Trinajstić information content (AvgIpc) is 3.24. The standard InChI is InChI=1S/C23H23FN4O3/c1-31-17-8-6-16(7-9-17)28-21(14-20(26-28)18-4-2-3-5-19(18)24)23(30)27-12-10-15(11-13-27)22(25)29/h2-9,14-15H,10-13H2,1H3,(H2,25,29). The van der Waals surface area contributed by atoms with Gasteiger partial charge in [0.05, 0.1) is 18.5 Å². The summed E-state index contributed by atoms with van der Waals surface area (Å²) in [4.78, 5) is 26.5. The number of hydrogen-bond acceptors (Lipinski definition) is 4. The Hall–Kier alpha value is -3.68. The van der Waals surface area contributed by atoms with Crippen LogP contribution in [0.25, 0.3) is 16.9 Å². The molecule has 0 aliphatic carbocycles. The molecule has 0 radical (unpaired) electrons. The van der Waals surface area contributed by atoms with E-state index in [0.29, 0.717) is 54.3 Å². The minimum absolute atomic E-state index is 0.218. The molecule has 8 heteroatoms. The lowest BCUT2D eigenvalue weighted by atomic mass is 9.96. The zero-order chi connectivity index (χ0) is 22.0. The molecule has 0 bridgehead atoms. The summed E-state index contributed by atoms with van der Waals surface area (Å²) in [5.41, 5.74) is 7.06. The Morgan fingerprint density at radius 3 is 2.39 bits per heavy atom. The SMILES string of the molecule is COc1ccc(-n2nc(-c3ccccc3F)cc2C(=O)N2CCC(C(N)=O)CC2)cc1. The van der Waals surface area contributed by atoms with Crippen LogP contribution in [-0.2, 0) is 4.79 Å². The van der Waals surface area contributed by atoms with Crippen LogP contribution in [0.5, 0.6) is 5.75 Å². The number of rotatable bonds is 5. The van der Waals surface area contributed by atoms with E-state index in [4.69, 9.17) is 10.5 Å². The lowest BCUT2D eigenvalue weighted by Crippen LogP contribution is -2.42. The average molecular weight is 422 g/mol. The fourth-order valence-corrected chi connectivity index (χ4v) is 3.78. The number of piperidine rings is 1. The normalized spacial score (nSPS) is 14.5. The molecule has 2 heterocycles. The number of nitrogens with zero attached hydrogens (tertiary/aromatic N) is 3. The Morgan fingerprint density at radius 2 is 1.77 bits per heavy atom. The highest BCUT2D eigenvalue weighted by atomic mass is 19.1. The van der Waals surface area contributed by atoms with E-state index in [0.717, 1.165) is 0 Å². The van der Waals surface area contributed by atoms with Gasteiger partial charge < -0.3 is 15.4 Å². The Labute approximate surface area is 179 Å². The third-order valence-corrected chi connectivity index (χ3v) is 5.58. The van der Waals surface area contributed by atoms with E-state index in [1.54, 1.807) is 60.5 Å². The minimum atomic E-state index is -0.414. The predicted octanol–water partition coefficient (Wildman–Crippen LogP) is 3.02. The number of nitrogens with two attached hydrogens (primary N) is 1. The van der Waals surface area contributed by atoms with Crippen molar-refractivity contribution in [1.82, 2.24) is 14.7 Å². The molecule has 0 spiro atoms. The van der Waals surface area contributed by atoms with Gasteiger partial charge >= 0.3 is 0 Å². The third kappa shape index (κ3) is 4.14. The summed E-state index contributed by atoms with van der Waals surface area (Å²) < 4.78 is 21.1. The second-order valence-corrected chi connectivity index (χ2v) is 7.47. The van der Waals surface area contributed by atoms with Crippen LogP contribution in [0, 0.1) is 11.7 Å². The highest BCUT2D eigenvalue weighted by Gasteiger charge is 2.29. The van der Waals surface area contributed by atoms with Crippen molar-refractivity contribution in [3.8, 4) is 22.7 Å². The molecule has 2 amide bonds. The Bertz CT molecular complexity index is 1100. The molecule has 1 aliphatic heterocycles. The number of hydrogen-bond donors (Lipinski definition) is 1. The van der Waals surface area contributed by atoms with E-state index in [1.165, 1.54) is 10.7 Å². The van der Waals surface area contributed by atoms with Gasteiger partial charge in [0, 0.05) is 24.6 Å². The summed E-state index contributed by atoms with van der Waals surface area (Å²) in [6, 6.07) is 15.0. The molecule has 2 N–H and O–H groups in total. The Kier molecular flexibility index (Phi) is 5.70. The first-order valence-electron chi connectivity index (χ1n) is 10.1. The first-order valence-corrected chi connectivity index (χ1v) is 10.1. The number of amides is 2. The third-order valence-electron chi connectivity index (χ3n) is 5.58. The first-order chi connectivity index (χ1) is 15.0. The molecular weight excluding hydrogens is 399 g/mol. The topological polar surface area (TPSA) is 90.5 Å². The second kappa shape index (κ2) is 8.59. The van der Waals surface area contributed by atoms with Gasteiger partial charge in [0.25, 0.3) is 5.91 Å². The van der Waals surface area contributed by atoms with E-state index in [2.05, 4.69) is 5.10 Å². The van der Waals surface area contributed by atoms with Crippen molar-refractivity contribution in [3.05, 3.63) is 66.1 Å². The van der Waals surface area contributed by atoms with Gasteiger partial charge in [0.2, 0.25) is 5.91 Å². The quantitative estimate of drug-likeness (QED) is 0.684. The number of benzene rings is 2. The van der Waals surface area contributed by atoms with Gasteiger partial charge in [0.1, 0.15) is 17.3 Å². The molecule has 1 aliphatic rings. The van der Waals surface area contributed by atoms with Gasteiger partial charge in [-0.2, -0.15) is 5.10 Å². The monoisotopic (exact) mass is 422 g/mol. The Morgan fingerprint density at radius 1 is 1.10 bits per heavy atom. The molecule has 1 fully saturated rings. The molecule has 0 unspecified atom stereocenters. The fraction of sp³-hybridized carbons (Fsp3) is 0.261. The molecule has 7 nitrogen and oxygen atoms in total. The molecule has 1 saturated heterocycles. The summed E-state index contributed by atoms with van der Waals surface area (Å²) >= 11 is 0. The van der Waals surface area contributed by atoms with Crippen molar-refractivity contribution in [2.45, 2.75) is 12.8 Å².